The number of hydrogen-bond donors (Lipinski definition) is 0. The molecule has 0 radical (unpaired) electrons. The minimum Gasteiger partial charge on any atom is -0.545 e. The first-order valence-corrected chi connectivity index (χ1v) is 3.41. The quantitative estimate of drug-likeness (QED) is 0.384. The minimum atomic E-state index is -1.53. The molecule has 0 N–H and O–H groups in total. The number of nitro groups is 1. The normalized spacial score (nSPS) is 9.07. The maximum absolute atomic E-state index is 10.4. The summed E-state index contributed by atoms with van der Waals surface area (Å²) in [6.07, 6.45) is 0. The summed E-state index contributed by atoms with van der Waals surface area (Å²) in [5, 5.41) is 29.1. The van der Waals surface area contributed by atoms with Gasteiger partial charge in [0, 0.05) is 17.7 Å². The number of carbonyl (C=O) groups excluding carboxylic acids is 1. The number of rotatable bonds is 2. The van der Waals surface area contributed by atoms with Crippen molar-refractivity contribution < 1.29 is 14.8 Å². The molecule has 0 saturated heterocycles. The molecule has 0 aliphatic carbocycles. The molecule has 1 aromatic carbocycles. The first kappa shape index (κ1) is 9.60. The zero-order valence-electron chi connectivity index (χ0n) is 6.71. The number of diazo groups is 1. The van der Waals surface area contributed by atoms with Crippen molar-refractivity contribution in [3.63, 3.8) is 0 Å². The molecule has 0 spiro atoms. The van der Waals surface area contributed by atoms with Crippen LogP contribution in [0.15, 0.2) is 18.2 Å². The van der Waals surface area contributed by atoms with Crippen molar-refractivity contribution in [3.8, 4) is 0 Å². The second-order valence-corrected chi connectivity index (χ2v) is 2.35. The maximum Gasteiger partial charge on any atom is 0.461 e. The van der Waals surface area contributed by atoms with Crippen LogP contribution in [-0.2, 0) is 0 Å². The van der Waals surface area contributed by atoms with E-state index in [1.54, 1.807) is 0 Å². The van der Waals surface area contributed by atoms with E-state index < -0.39 is 16.6 Å². The lowest BCUT2D eigenvalue weighted by Gasteiger charge is -1.98. The summed E-state index contributed by atoms with van der Waals surface area (Å²) in [7, 11) is 0. The Balaban J connectivity index is 3.37. The highest BCUT2D eigenvalue weighted by Gasteiger charge is 2.24. The van der Waals surface area contributed by atoms with Crippen LogP contribution in [0, 0.1) is 15.5 Å². The van der Waals surface area contributed by atoms with Gasteiger partial charge in [-0.2, -0.15) is 0 Å². The van der Waals surface area contributed by atoms with Crippen LogP contribution in [0.4, 0.5) is 11.4 Å². The highest BCUT2D eigenvalue weighted by Crippen LogP contribution is 2.27. The summed E-state index contributed by atoms with van der Waals surface area (Å²) in [5.74, 6) is -1.53. The summed E-state index contributed by atoms with van der Waals surface area (Å²) in [5.41, 5.74) is -1.24. The van der Waals surface area contributed by atoms with E-state index in [1.165, 1.54) is 0 Å². The summed E-state index contributed by atoms with van der Waals surface area (Å²) < 4.78 is 0. The number of nitro benzene ring substituents is 1. The van der Waals surface area contributed by atoms with Gasteiger partial charge in [-0.25, -0.2) is 0 Å². The minimum absolute atomic E-state index is 0.306. The van der Waals surface area contributed by atoms with Gasteiger partial charge >= 0.3 is 11.4 Å². The van der Waals surface area contributed by atoms with Crippen molar-refractivity contribution in [2.24, 2.45) is 0 Å². The average Bonchev–Trinajstić information content (AvgIpc) is 2.16. The van der Waals surface area contributed by atoms with Gasteiger partial charge in [0.25, 0.3) is 0 Å². The molecule has 0 aromatic heterocycles. The summed E-state index contributed by atoms with van der Waals surface area (Å²) in [4.78, 5) is 22.5. The van der Waals surface area contributed by atoms with E-state index >= 15 is 0 Å². The van der Waals surface area contributed by atoms with E-state index in [0.717, 1.165) is 18.2 Å². The van der Waals surface area contributed by atoms with Crippen LogP contribution in [-0.4, -0.2) is 10.9 Å². The van der Waals surface area contributed by atoms with Crippen LogP contribution >= 0.6 is 0 Å². The van der Waals surface area contributed by atoms with Crippen molar-refractivity contribution in [2.75, 3.05) is 0 Å². The fraction of sp³-hybridized carbons (Fsp3) is 0. The molecule has 7 heteroatoms. The summed E-state index contributed by atoms with van der Waals surface area (Å²) in [6.45, 7) is 0. The van der Waals surface area contributed by atoms with E-state index in [0.29, 0.717) is 0 Å². The Morgan fingerprint density at radius 1 is 1.50 bits per heavy atom. The van der Waals surface area contributed by atoms with Gasteiger partial charge in [-0.15, -0.1) is 0 Å². The number of carbonyl (C=O) groups is 1. The Morgan fingerprint density at radius 3 is 2.57 bits per heavy atom. The number of carboxylic acid groups (broad SMARTS) is 1. The highest BCUT2D eigenvalue weighted by molar-refractivity contribution is 5.88. The fourth-order valence-electron chi connectivity index (χ4n) is 0.881. The molecule has 1 rings (SSSR count). The monoisotopic (exact) mass is 193 g/mol. The lowest BCUT2D eigenvalue weighted by molar-refractivity contribution is -0.383. The number of nitrogens with zero attached hydrogens (tertiary/aromatic N) is 3. The molecule has 0 atom stereocenters. The molecule has 0 aliphatic heterocycles. The van der Waals surface area contributed by atoms with Crippen LogP contribution in [0.1, 0.15) is 10.4 Å². The van der Waals surface area contributed by atoms with Crippen LogP contribution in [0.3, 0.4) is 0 Å². The smallest absolute Gasteiger partial charge is 0.461 e. The first-order chi connectivity index (χ1) is 6.56. The third-order valence-corrected chi connectivity index (χ3v) is 1.52. The molecule has 0 fully saturated rings. The topological polar surface area (TPSA) is 111 Å². The molecule has 1 aromatic rings. The van der Waals surface area contributed by atoms with Crippen molar-refractivity contribution in [1.82, 2.24) is 0 Å². The largest absolute Gasteiger partial charge is 0.545 e. The Morgan fingerprint density at radius 2 is 2.14 bits per heavy atom. The predicted octanol–water partition coefficient (Wildman–Crippen LogP) is 0.443. The standard InChI is InChI=1S/C7H3N3O4/c8-9-5-2-1-4(7(11)12)3-6(5)10(13)14/h1-3H. The molecule has 0 unspecified atom stereocenters. The van der Waals surface area contributed by atoms with Crippen LogP contribution in [0.5, 0.6) is 0 Å². The van der Waals surface area contributed by atoms with E-state index in [-0.39, 0.29) is 11.3 Å². The van der Waals surface area contributed by atoms with Gasteiger partial charge < -0.3 is 9.90 Å². The van der Waals surface area contributed by atoms with Gasteiger partial charge in [0.15, 0.2) is 4.98 Å². The van der Waals surface area contributed by atoms with E-state index in [9.17, 15) is 20.0 Å². The number of carboxylic acids is 1. The molecule has 14 heavy (non-hydrogen) atoms. The van der Waals surface area contributed by atoms with Crippen molar-refractivity contribution in [1.29, 1.82) is 5.39 Å². The number of hydrogen-bond acceptors (Lipinski definition) is 5. The van der Waals surface area contributed by atoms with Crippen LogP contribution in [0.25, 0.3) is 4.98 Å². The average molecular weight is 193 g/mol. The second kappa shape index (κ2) is 3.49. The third-order valence-electron chi connectivity index (χ3n) is 1.52. The van der Waals surface area contributed by atoms with Crippen molar-refractivity contribution in [3.05, 3.63) is 38.9 Å². The van der Waals surface area contributed by atoms with Gasteiger partial charge in [0.1, 0.15) is 0 Å². The molecule has 0 heterocycles. The maximum atomic E-state index is 10.4. The lowest BCUT2D eigenvalue weighted by atomic mass is 10.2. The van der Waals surface area contributed by atoms with Gasteiger partial charge in [-0.05, 0) is 6.07 Å². The molecule has 0 bridgehead atoms. The molecule has 0 saturated carbocycles. The van der Waals surface area contributed by atoms with Gasteiger partial charge in [-0.1, -0.05) is 0 Å². The SMILES string of the molecule is N#[N+]c1ccc(C(=O)[O-])cc1[N+](=O)[O-]. The van der Waals surface area contributed by atoms with E-state index in [1.807, 2.05) is 0 Å². The lowest BCUT2D eigenvalue weighted by Crippen LogP contribution is -2.22. The third kappa shape index (κ3) is 1.64. The van der Waals surface area contributed by atoms with Crippen LogP contribution in [0.2, 0.25) is 0 Å². The molecule has 7 nitrogen and oxygen atoms in total. The first-order valence-electron chi connectivity index (χ1n) is 3.41. The fourth-order valence-corrected chi connectivity index (χ4v) is 0.881. The van der Waals surface area contributed by atoms with Gasteiger partial charge in [0.2, 0.25) is 5.39 Å². The summed E-state index contributed by atoms with van der Waals surface area (Å²) in [6, 6.07) is 2.84. The molecular formula is C7H3N3O4. The second-order valence-electron chi connectivity index (χ2n) is 2.35. The zero-order valence-corrected chi connectivity index (χ0v) is 6.71. The zero-order chi connectivity index (χ0) is 10.7. The van der Waals surface area contributed by atoms with Crippen molar-refractivity contribution >= 4 is 17.3 Å². The van der Waals surface area contributed by atoms with Gasteiger partial charge in [-0.3, -0.25) is 10.1 Å². The van der Waals surface area contributed by atoms with E-state index in [4.69, 9.17) is 5.39 Å². The number of aromatic carboxylic acids is 1. The molecular weight excluding hydrogens is 190 g/mol. The molecule has 0 aliphatic rings. The Labute approximate surface area is 77.4 Å². The predicted molar refractivity (Wildman–Crippen MR) is 42.2 cm³/mol. The molecule has 0 amide bonds. The van der Waals surface area contributed by atoms with Crippen molar-refractivity contribution in [2.45, 2.75) is 0 Å². The Bertz CT molecular complexity index is 449. The van der Waals surface area contributed by atoms with Gasteiger partial charge in [0.05, 0.1) is 10.9 Å². The highest BCUT2D eigenvalue weighted by atomic mass is 16.6. The van der Waals surface area contributed by atoms with Crippen LogP contribution < -0.4 is 5.11 Å². The number of benzene rings is 1. The Kier molecular flexibility index (Phi) is 2.39. The van der Waals surface area contributed by atoms with E-state index in [2.05, 4.69) is 4.98 Å². The Hall–Kier alpha value is -2.49. The molecule has 70 valence electrons. The summed E-state index contributed by atoms with van der Waals surface area (Å²) >= 11 is 0.